The molecule has 5 heteroatoms. The first-order chi connectivity index (χ1) is 11.4. The van der Waals surface area contributed by atoms with Crippen molar-refractivity contribution in [2.75, 3.05) is 5.32 Å². The van der Waals surface area contributed by atoms with E-state index in [0.717, 1.165) is 23.2 Å². The van der Waals surface area contributed by atoms with E-state index >= 15 is 0 Å². The number of carbonyl (C=O) groups is 2. The highest BCUT2D eigenvalue weighted by atomic mass is 79.9. The standard InChI is InChI=1S/C19H20BrNO3/c1-4-14-9-7-8-12(2)17(14)21-18(22)13(3)24-19(23)15-10-5-6-11-16(15)20/h5-11,13H,4H2,1-3H3,(H,21,22)/t13-/m1/s1. The largest absolute Gasteiger partial charge is 0.449 e. The molecule has 0 unspecified atom stereocenters. The molecule has 0 aliphatic rings. The number of carbonyl (C=O) groups excluding carboxylic acids is 2. The van der Waals surface area contributed by atoms with Crippen LogP contribution in [0.2, 0.25) is 0 Å². The first-order valence-electron chi connectivity index (χ1n) is 7.79. The fourth-order valence-electron chi connectivity index (χ4n) is 2.33. The third-order valence-corrected chi connectivity index (χ3v) is 4.43. The molecule has 1 atom stereocenters. The summed E-state index contributed by atoms with van der Waals surface area (Å²) in [7, 11) is 0. The maximum absolute atomic E-state index is 12.4. The molecule has 24 heavy (non-hydrogen) atoms. The Kier molecular flexibility index (Phi) is 6.15. The number of nitrogens with one attached hydrogen (secondary N) is 1. The van der Waals surface area contributed by atoms with E-state index in [1.54, 1.807) is 25.1 Å². The summed E-state index contributed by atoms with van der Waals surface area (Å²) < 4.78 is 5.92. The highest BCUT2D eigenvalue weighted by Crippen LogP contribution is 2.22. The first kappa shape index (κ1) is 18.2. The molecule has 2 rings (SSSR count). The quantitative estimate of drug-likeness (QED) is 0.765. The molecule has 0 spiro atoms. The number of anilines is 1. The van der Waals surface area contributed by atoms with Crippen LogP contribution in [-0.2, 0) is 16.0 Å². The van der Waals surface area contributed by atoms with Crippen LogP contribution in [0.25, 0.3) is 0 Å². The van der Waals surface area contributed by atoms with Crippen LogP contribution in [0.1, 0.15) is 35.3 Å². The number of hydrogen-bond donors (Lipinski definition) is 1. The molecule has 0 bridgehead atoms. The van der Waals surface area contributed by atoms with E-state index in [1.807, 2.05) is 38.1 Å². The summed E-state index contributed by atoms with van der Waals surface area (Å²) in [5.74, 6) is -0.884. The van der Waals surface area contributed by atoms with Gasteiger partial charge in [-0.2, -0.15) is 0 Å². The van der Waals surface area contributed by atoms with E-state index in [0.29, 0.717) is 10.0 Å². The Morgan fingerprint density at radius 1 is 1.17 bits per heavy atom. The average molecular weight is 390 g/mol. The second-order valence-electron chi connectivity index (χ2n) is 5.48. The lowest BCUT2D eigenvalue weighted by atomic mass is 10.1. The predicted octanol–water partition coefficient (Wildman–Crippen LogP) is 4.50. The Bertz CT molecular complexity index is 758. The molecule has 2 aromatic carbocycles. The van der Waals surface area contributed by atoms with Gasteiger partial charge in [0.25, 0.3) is 5.91 Å². The second kappa shape index (κ2) is 8.11. The summed E-state index contributed by atoms with van der Waals surface area (Å²) in [5.41, 5.74) is 3.20. The maximum Gasteiger partial charge on any atom is 0.340 e. The molecule has 0 saturated heterocycles. The number of esters is 1. The molecule has 126 valence electrons. The minimum atomic E-state index is -0.895. The molecule has 1 N–H and O–H groups in total. The zero-order valence-corrected chi connectivity index (χ0v) is 15.5. The van der Waals surface area contributed by atoms with Gasteiger partial charge in [-0.1, -0.05) is 37.3 Å². The van der Waals surface area contributed by atoms with Gasteiger partial charge in [-0.3, -0.25) is 4.79 Å². The van der Waals surface area contributed by atoms with Crippen molar-refractivity contribution in [1.29, 1.82) is 0 Å². The SMILES string of the molecule is CCc1cccc(C)c1NC(=O)[C@@H](C)OC(=O)c1ccccc1Br. The molecule has 0 aliphatic carbocycles. The predicted molar refractivity (Wildman–Crippen MR) is 98.2 cm³/mol. The minimum Gasteiger partial charge on any atom is -0.449 e. The van der Waals surface area contributed by atoms with Crippen molar-refractivity contribution >= 4 is 33.5 Å². The number of para-hydroxylation sites is 1. The van der Waals surface area contributed by atoms with Crippen molar-refractivity contribution in [3.63, 3.8) is 0 Å². The Labute approximate surface area is 150 Å². The number of hydrogen-bond acceptors (Lipinski definition) is 3. The number of benzene rings is 2. The van der Waals surface area contributed by atoms with Gasteiger partial charge in [0, 0.05) is 10.2 Å². The molecule has 4 nitrogen and oxygen atoms in total. The molecule has 0 radical (unpaired) electrons. The lowest BCUT2D eigenvalue weighted by Crippen LogP contribution is -2.30. The third-order valence-electron chi connectivity index (χ3n) is 3.73. The summed E-state index contributed by atoms with van der Waals surface area (Å²) in [4.78, 5) is 24.6. The molecule has 1 amide bonds. The lowest BCUT2D eigenvalue weighted by Gasteiger charge is -2.17. The summed E-state index contributed by atoms with van der Waals surface area (Å²) in [5, 5.41) is 2.87. The van der Waals surface area contributed by atoms with Crippen molar-refractivity contribution in [3.8, 4) is 0 Å². The van der Waals surface area contributed by atoms with E-state index in [1.165, 1.54) is 0 Å². The van der Waals surface area contributed by atoms with E-state index in [-0.39, 0.29) is 5.91 Å². The van der Waals surface area contributed by atoms with E-state index < -0.39 is 12.1 Å². The molecular formula is C19H20BrNO3. The Balaban J connectivity index is 2.08. The van der Waals surface area contributed by atoms with Crippen LogP contribution in [0.15, 0.2) is 46.9 Å². The molecular weight excluding hydrogens is 370 g/mol. The number of halogens is 1. The van der Waals surface area contributed by atoms with Crippen molar-refractivity contribution in [3.05, 3.63) is 63.6 Å². The van der Waals surface area contributed by atoms with Crippen LogP contribution in [0.5, 0.6) is 0 Å². The minimum absolute atomic E-state index is 0.348. The second-order valence-corrected chi connectivity index (χ2v) is 6.33. The summed E-state index contributed by atoms with van der Waals surface area (Å²) in [6, 6.07) is 12.8. The Hall–Kier alpha value is -2.14. The van der Waals surface area contributed by atoms with Crippen LogP contribution in [0.3, 0.4) is 0 Å². The van der Waals surface area contributed by atoms with Gasteiger partial charge in [0.1, 0.15) is 0 Å². The van der Waals surface area contributed by atoms with Gasteiger partial charge in [-0.25, -0.2) is 4.79 Å². The van der Waals surface area contributed by atoms with E-state index in [2.05, 4.69) is 21.2 Å². The van der Waals surface area contributed by atoms with E-state index in [4.69, 9.17) is 4.74 Å². The van der Waals surface area contributed by atoms with Crippen LogP contribution in [-0.4, -0.2) is 18.0 Å². The highest BCUT2D eigenvalue weighted by molar-refractivity contribution is 9.10. The van der Waals surface area contributed by atoms with Crippen LogP contribution >= 0.6 is 15.9 Å². The zero-order valence-electron chi connectivity index (χ0n) is 13.9. The normalized spacial score (nSPS) is 11.7. The molecule has 0 fully saturated rings. The Morgan fingerprint density at radius 2 is 1.88 bits per heavy atom. The number of amides is 1. The van der Waals surface area contributed by atoms with E-state index in [9.17, 15) is 9.59 Å². The van der Waals surface area contributed by atoms with Crippen molar-refractivity contribution in [1.82, 2.24) is 0 Å². The molecule has 2 aromatic rings. The number of aryl methyl sites for hydroxylation is 2. The topological polar surface area (TPSA) is 55.4 Å². The van der Waals surface area contributed by atoms with Gasteiger partial charge in [0.15, 0.2) is 6.10 Å². The first-order valence-corrected chi connectivity index (χ1v) is 8.58. The van der Waals surface area contributed by atoms with Crippen LogP contribution in [0.4, 0.5) is 5.69 Å². The third kappa shape index (κ3) is 4.23. The fourth-order valence-corrected chi connectivity index (χ4v) is 2.78. The number of ether oxygens (including phenoxy) is 1. The Morgan fingerprint density at radius 3 is 2.54 bits per heavy atom. The van der Waals surface area contributed by atoms with Crippen molar-refractivity contribution in [2.45, 2.75) is 33.3 Å². The average Bonchev–Trinajstić information content (AvgIpc) is 2.56. The summed E-state index contributed by atoms with van der Waals surface area (Å²) >= 11 is 3.30. The van der Waals surface area contributed by atoms with Gasteiger partial charge in [0.2, 0.25) is 0 Å². The molecule has 0 aliphatic heterocycles. The zero-order chi connectivity index (χ0) is 17.7. The van der Waals surface area contributed by atoms with Crippen molar-refractivity contribution in [2.24, 2.45) is 0 Å². The van der Waals surface area contributed by atoms with Gasteiger partial charge < -0.3 is 10.1 Å². The summed E-state index contributed by atoms with van der Waals surface area (Å²) in [6.45, 7) is 5.53. The van der Waals surface area contributed by atoms with Gasteiger partial charge in [-0.15, -0.1) is 0 Å². The number of rotatable bonds is 5. The fraction of sp³-hybridized carbons (Fsp3) is 0.263. The van der Waals surface area contributed by atoms with Gasteiger partial charge in [0.05, 0.1) is 5.56 Å². The molecule has 0 aromatic heterocycles. The molecule has 0 saturated carbocycles. The van der Waals surface area contributed by atoms with Crippen LogP contribution < -0.4 is 5.32 Å². The van der Waals surface area contributed by atoms with Crippen LogP contribution in [0, 0.1) is 6.92 Å². The highest BCUT2D eigenvalue weighted by Gasteiger charge is 2.21. The maximum atomic E-state index is 12.4. The smallest absolute Gasteiger partial charge is 0.340 e. The monoisotopic (exact) mass is 389 g/mol. The molecule has 0 heterocycles. The van der Waals surface area contributed by atoms with Gasteiger partial charge in [-0.05, 0) is 59.5 Å². The summed E-state index contributed by atoms with van der Waals surface area (Å²) in [6.07, 6.45) is -0.0866. The lowest BCUT2D eigenvalue weighted by molar-refractivity contribution is -0.123. The van der Waals surface area contributed by atoms with Gasteiger partial charge >= 0.3 is 5.97 Å². The van der Waals surface area contributed by atoms with Crippen molar-refractivity contribution < 1.29 is 14.3 Å².